The highest BCUT2D eigenvalue weighted by atomic mass is 16.1. The van der Waals surface area contributed by atoms with Gasteiger partial charge in [-0.1, -0.05) is 26.7 Å². The molecule has 0 amide bonds. The molecule has 4 saturated heterocycles. The standard InChI is InChI=1S/C15H26N2O/c1-5-6-7-15-10-16-8-14(4,12(15)18)9-17(11-15)13(16,2)3/h5-11H2,1-4H3. The Kier molecular flexibility index (Phi) is 2.50. The molecular formula is C15H26N2O. The minimum Gasteiger partial charge on any atom is -0.298 e. The summed E-state index contributed by atoms with van der Waals surface area (Å²) in [6, 6.07) is 0. The second kappa shape index (κ2) is 3.57. The van der Waals surface area contributed by atoms with Gasteiger partial charge in [0.2, 0.25) is 0 Å². The van der Waals surface area contributed by atoms with E-state index >= 15 is 0 Å². The largest absolute Gasteiger partial charge is 0.298 e. The molecule has 0 spiro atoms. The number of nitrogens with zero attached hydrogens (tertiary/aromatic N) is 2. The van der Waals surface area contributed by atoms with Crippen LogP contribution in [0.5, 0.6) is 0 Å². The lowest BCUT2D eigenvalue weighted by Gasteiger charge is -2.69. The number of carbonyl (C=O) groups is 1. The summed E-state index contributed by atoms with van der Waals surface area (Å²) in [5.74, 6) is 0.562. The Labute approximate surface area is 111 Å². The topological polar surface area (TPSA) is 23.6 Å². The number of piperidine rings is 2. The van der Waals surface area contributed by atoms with Gasteiger partial charge in [0.15, 0.2) is 0 Å². The maximum Gasteiger partial charge on any atom is 0.150 e. The molecule has 0 saturated carbocycles. The molecule has 2 atom stereocenters. The number of unbranched alkanes of at least 4 members (excludes halogenated alkanes) is 1. The molecular weight excluding hydrogens is 224 g/mol. The summed E-state index contributed by atoms with van der Waals surface area (Å²) >= 11 is 0. The average molecular weight is 250 g/mol. The van der Waals surface area contributed by atoms with Gasteiger partial charge in [0.1, 0.15) is 5.78 Å². The van der Waals surface area contributed by atoms with Crippen LogP contribution in [0.2, 0.25) is 0 Å². The number of rotatable bonds is 3. The van der Waals surface area contributed by atoms with Crippen LogP contribution in [-0.4, -0.2) is 47.4 Å². The normalized spacial score (nSPS) is 48.8. The average Bonchev–Trinajstić information content (AvgIpc) is 2.28. The first-order chi connectivity index (χ1) is 8.34. The Balaban J connectivity index is 1.97. The SMILES string of the molecule is CCCCC12CN3CC(C)(CN(C1)C3(C)C)C2=O. The predicted octanol–water partition coefficient (Wildman–Crippen LogP) is 2.12. The molecule has 4 rings (SSSR count). The van der Waals surface area contributed by atoms with Crippen molar-refractivity contribution >= 4 is 5.78 Å². The summed E-state index contributed by atoms with van der Waals surface area (Å²) in [6.45, 7) is 12.9. The Morgan fingerprint density at radius 1 is 1.06 bits per heavy atom. The fourth-order valence-corrected chi connectivity index (χ4v) is 4.47. The van der Waals surface area contributed by atoms with Crippen molar-refractivity contribution in [2.75, 3.05) is 26.2 Å². The van der Waals surface area contributed by atoms with Crippen LogP contribution in [-0.2, 0) is 4.79 Å². The van der Waals surface area contributed by atoms with Crippen LogP contribution in [0.3, 0.4) is 0 Å². The van der Waals surface area contributed by atoms with Crippen LogP contribution in [0.4, 0.5) is 0 Å². The smallest absolute Gasteiger partial charge is 0.150 e. The summed E-state index contributed by atoms with van der Waals surface area (Å²) in [7, 11) is 0. The molecule has 2 unspecified atom stereocenters. The van der Waals surface area contributed by atoms with Crippen molar-refractivity contribution in [1.29, 1.82) is 0 Å². The fraction of sp³-hybridized carbons (Fsp3) is 0.933. The van der Waals surface area contributed by atoms with E-state index in [1.54, 1.807) is 0 Å². The first kappa shape index (κ1) is 12.6. The zero-order chi connectivity index (χ0) is 13.2. The highest BCUT2D eigenvalue weighted by Gasteiger charge is 2.65. The van der Waals surface area contributed by atoms with Crippen LogP contribution in [0, 0.1) is 10.8 Å². The summed E-state index contributed by atoms with van der Waals surface area (Å²) in [5, 5.41) is 0. The summed E-state index contributed by atoms with van der Waals surface area (Å²) < 4.78 is 0. The fourth-order valence-electron chi connectivity index (χ4n) is 4.47. The third kappa shape index (κ3) is 1.41. The van der Waals surface area contributed by atoms with Gasteiger partial charge >= 0.3 is 0 Å². The van der Waals surface area contributed by atoms with Crippen LogP contribution in [0.1, 0.15) is 47.0 Å². The van der Waals surface area contributed by atoms with Crippen molar-refractivity contribution in [3.05, 3.63) is 0 Å². The molecule has 0 N–H and O–H groups in total. The highest BCUT2D eigenvalue weighted by molar-refractivity contribution is 5.93. The van der Waals surface area contributed by atoms with Gasteiger partial charge in [0.25, 0.3) is 0 Å². The van der Waals surface area contributed by atoms with Crippen molar-refractivity contribution in [3.8, 4) is 0 Å². The van der Waals surface area contributed by atoms with E-state index in [4.69, 9.17) is 0 Å². The van der Waals surface area contributed by atoms with Crippen LogP contribution >= 0.6 is 0 Å². The molecule has 0 aromatic carbocycles. The molecule has 102 valence electrons. The lowest BCUT2D eigenvalue weighted by molar-refractivity contribution is -0.223. The van der Waals surface area contributed by atoms with Crippen LogP contribution in [0.15, 0.2) is 0 Å². The lowest BCUT2D eigenvalue weighted by Crippen LogP contribution is -2.82. The Bertz CT molecular complexity index is 370. The Hall–Kier alpha value is -0.410. The molecule has 0 aromatic heterocycles. The number of Topliss-reactive ketones (excluding diaryl/α,β-unsaturated/α-hetero) is 1. The molecule has 4 bridgehead atoms. The van der Waals surface area contributed by atoms with Crippen molar-refractivity contribution in [1.82, 2.24) is 9.80 Å². The third-order valence-electron chi connectivity index (χ3n) is 5.65. The highest BCUT2D eigenvalue weighted by Crippen LogP contribution is 2.53. The second-order valence-electron chi connectivity index (χ2n) is 7.48. The first-order valence-electron chi connectivity index (χ1n) is 7.39. The number of hydrogen-bond donors (Lipinski definition) is 0. The van der Waals surface area contributed by atoms with Gasteiger partial charge in [0.05, 0.1) is 16.5 Å². The molecule has 0 aliphatic carbocycles. The zero-order valence-corrected chi connectivity index (χ0v) is 12.3. The molecule has 4 fully saturated rings. The Morgan fingerprint density at radius 2 is 1.61 bits per heavy atom. The monoisotopic (exact) mass is 250 g/mol. The van der Waals surface area contributed by atoms with Gasteiger partial charge in [0, 0.05) is 26.2 Å². The number of ketones is 1. The molecule has 4 aliphatic rings. The van der Waals surface area contributed by atoms with E-state index in [0.29, 0.717) is 5.78 Å². The van der Waals surface area contributed by atoms with E-state index in [2.05, 4.69) is 37.5 Å². The van der Waals surface area contributed by atoms with Crippen LogP contribution < -0.4 is 0 Å². The van der Waals surface area contributed by atoms with Gasteiger partial charge < -0.3 is 0 Å². The lowest BCUT2D eigenvalue weighted by atomic mass is 9.58. The van der Waals surface area contributed by atoms with E-state index in [9.17, 15) is 4.79 Å². The van der Waals surface area contributed by atoms with Gasteiger partial charge in [-0.3, -0.25) is 14.6 Å². The molecule has 4 aliphatic heterocycles. The van der Waals surface area contributed by atoms with Gasteiger partial charge in [-0.25, -0.2) is 0 Å². The van der Waals surface area contributed by atoms with E-state index < -0.39 is 0 Å². The molecule has 0 aromatic rings. The maximum absolute atomic E-state index is 12.9. The quantitative estimate of drug-likeness (QED) is 0.766. The summed E-state index contributed by atoms with van der Waals surface area (Å²) in [5.41, 5.74) is -0.0214. The summed E-state index contributed by atoms with van der Waals surface area (Å²) in [6.07, 6.45) is 3.46. The molecule has 18 heavy (non-hydrogen) atoms. The van der Waals surface area contributed by atoms with E-state index in [1.807, 2.05) is 0 Å². The van der Waals surface area contributed by atoms with E-state index in [1.165, 1.54) is 12.8 Å². The van der Waals surface area contributed by atoms with Gasteiger partial charge in [-0.2, -0.15) is 0 Å². The maximum atomic E-state index is 12.9. The van der Waals surface area contributed by atoms with Crippen molar-refractivity contribution < 1.29 is 4.79 Å². The summed E-state index contributed by atoms with van der Waals surface area (Å²) in [4.78, 5) is 18.0. The third-order valence-corrected chi connectivity index (χ3v) is 5.65. The minimum absolute atomic E-state index is 0.0588. The van der Waals surface area contributed by atoms with Crippen molar-refractivity contribution in [2.45, 2.75) is 52.6 Å². The first-order valence-corrected chi connectivity index (χ1v) is 7.39. The van der Waals surface area contributed by atoms with Crippen LogP contribution in [0.25, 0.3) is 0 Å². The zero-order valence-electron chi connectivity index (χ0n) is 12.3. The van der Waals surface area contributed by atoms with Crippen molar-refractivity contribution in [2.24, 2.45) is 10.8 Å². The van der Waals surface area contributed by atoms with E-state index in [0.717, 1.165) is 32.6 Å². The number of hydrogen-bond acceptors (Lipinski definition) is 3. The molecule has 3 heteroatoms. The number of carbonyl (C=O) groups excluding carboxylic acids is 1. The predicted molar refractivity (Wildman–Crippen MR) is 72.3 cm³/mol. The second-order valence-corrected chi connectivity index (χ2v) is 7.48. The van der Waals surface area contributed by atoms with Crippen molar-refractivity contribution in [3.63, 3.8) is 0 Å². The molecule has 0 radical (unpaired) electrons. The molecule has 3 nitrogen and oxygen atoms in total. The van der Waals surface area contributed by atoms with Gasteiger partial charge in [-0.05, 0) is 20.3 Å². The van der Waals surface area contributed by atoms with E-state index in [-0.39, 0.29) is 16.5 Å². The minimum atomic E-state index is -0.111. The van der Waals surface area contributed by atoms with Gasteiger partial charge in [-0.15, -0.1) is 0 Å². The Morgan fingerprint density at radius 3 is 2.11 bits per heavy atom. The molecule has 4 heterocycles.